The molecule has 1 aliphatic rings. The summed E-state index contributed by atoms with van der Waals surface area (Å²) in [7, 11) is 1.55. The number of hydrogen-bond acceptors (Lipinski definition) is 7. The van der Waals surface area contributed by atoms with E-state index in [0.29, 0.717) is 61.1 Å². The fourth-order valence-corrected chi connectivity index (χ4v) is 4.71. The minimum absolute atomic E-state index is 0.0296. The molecule has 1 saturated heterocycles. The van der Waals surface area contributed by atoms with Crippen molar-refractivity contribution in [1.29, 1.82) is 0 Å². The third-order valence-corrected chi connectivity index (χ3v) is 6.75. The first kappa shape index (κ1) is 28.7. The summed E-state index contributed by atoms with van der Waals surface area (Å²) < 4.78 is 19.1. The molecule has 3 aromatic rings. The number of carbonyl (C=O) groups is 2. The quantitative estimate of drug-likeness (QED) is 0.125. The number of amides is 1. The van der Waals surface area contributed by atoms with E-state index in [1.807, 2.05) is 23.8 Å². The number of nitrogens with zero attached hydrogens (tertiary/aromatic N) is 3. The van der Waals surface area contributed by atoms with E-state index >= 15 is 0 Å². The maximum atomic E-state index is 13.4. The summed E-state index contributed by atoms with van der Waals surface area (Å²) in [6, 6.07) is 11.5. The molecule has 1 N–H and O–H groups in total. The fraction of sp³-hybridized carbons (Fsp3) is 0.387. The van der Waals surface area contributed by atoms with Crippen LogP contribution in [0, 0.1) is 0 Å². The predicted molar refractivity (Wildman–Crippen MR) is 151 cm³/mol. The minimum Gasteiger partial charge on any atom is -0.507 e. The molecule has 40 heavy (non-hydrogen) atoms. The molecular formula is C31H37N3O6. The molecule has 2 aromatic carbocycles. The lowest BCUT2D eigenvalue weighted by Crippen LogP contribution is -2.31. The molecule has 0 radical (unpaired) electrons. The Hall–Kier alpha value is -4.27. The first-order chi connectivity index (χ1) is 19.5. The number of hydrogen-bond donors (Lipinski definition) is 1. The Balaban J connectivity index is 1.74. The Bertz CT molecular complexity index is 1330. The van der Waals surface area contributed by atoms with Gasteiger partial charge in [-0.1, -0.05) is 38.5 Å². The Morgan fingerprint density at radius 2 is 1.82 bits per heavy atom. The molecule has 0 aliphatic carbocycles. The van der Waals surface area contributed by atoms with Gasteiger partial charge in [0.2, 0.25) is 0 Å². The largest absolute Gasteiger partial charge is 0.507 e. The van der Waals surface area contributed by atoms with Gasteiger partial charge in [0.05, 0.1) is 38.3 Å². The molecule has 0 bridgehead atoms. The Morgan fingerprint density at radius 1 is 0.975 bits per heavy atom. The number of rotatable bonds is 14. The van der Waals surface area contributed by atoms with Gasteiger partial charge in [-0.05, 0) is 49.1 Å². The number of ether oxygens (including phenoxy) is 3. The number of ketones is 1. The van der Waals surface area contributed by atoms with E-state index in [4.69, 9.17) is 14.2 Å². The highest BCUT2D eigenvalue weighted by molar-refractivity contribution is 6.46. The summed E-state index contributed by atoms with van der Waals surface area (Å²) in [6.07, 6.45) is 8.58. The Morgan fingerprint density at radius 3 is 2.55 bits per heavy atom. The summed E-state index contributed by atoms with van der Waals surface area (Å²) in [4.78, 5) is 32.4. The SMILES string of the molecule is CCCCOc1ccc(C2/C(=C(\O)c3cccc(OCCC)c3)C(=O)C(=O)N2CCCn2ccnc2)cc1OC. The normalized spacial score (nSPS) is 16.4. The second-order valence-corrected chi connectivity index (χ2v) is 9.64. The molecule has 9 heteroatoms. The van der Waals surface area contributed by atoms with E-state index in [-0.39, 0.29) is 11.3 Å². The Kier molecular flexibility index (Phi) is 9.83. The maximum absolute atomic E-state index is 13.4. The second kappa shape index (κ2) is 13.7. The molecule has 0 spiro atoms. The molecule has 2 heterocycles. The lowest BCUT2D eigenvalue weighted by molar-refractivity contribution is -0.139. The number of unbranched alkanes of at least 4 members (excludes halogenated alkanes) is 1. The molecule has 1 amide bonds. The first-order valence-corrected chi connectivity index (χ1v) is 13.8. The molecule has 1 aromatic heterocycles. The number of carbonyl (C=O) groups excluding carboxylic acids is 2. The smallest absolute Gasteiger partial charge is 0.295 e. The summed E-state index contributed by atoms with van der Waals surface area (Å²) in [5.41, 5.74) is 1.07. The van der Waals surface area contributed by atoms with Gasteiger partial charge in [-0.25, -0.2) is 4.98 Å². The molecule has 1 unspecified atom stereocenters. The number of likely N-dealkylation sites (tertiary alicyclic amines) is 1. The zero-order valence-corrected chi connectivity index (χ0v) is 23.3. The summed E-state index contributed by atoms with van der Waals surface area (Å²) in [6.45, 7) is 6.10. The number of aliphatic hydroxyl groups excluding tert-OH is 1. The van der Waals surface area contributed by atoms with Crippen LogP contribution in [0.5, 0.6) is 17.2 Å². The number of benzene rings is 2. The van der Waals surface area contributed by atoms with Crippen molar-refractivity contribution in [2.45, 2.75) is 52.1 Å². The van der Waals surface area contributed by atoms with E-state index in [0.717, 1.165) is 19.3 Å². The monoisotopic (exact) mass is 547 g/mol. The van der Waals surface area contributed by atoms with E-state index < -0.39 is 17.7 Å². The van der Waals surface area contributed by atoms with Crippen molar-refractivity contribution in [3.05, 3.63) is 77.9 Å². The van der Waals surface area contributed by atoms with Crippen molar-refractivity contribution >= 4 is 17.4 Å². The van der Waals surface area contributed by atoms with E-state index in [9.17, 15) is 14.7 Å². The lowest BCUT2D eigenvalue weighted by atomic mass is 9.95. The van der Waals surface area contributed by atoms with E-state index in [1.165, 1.54) is 4.90 Å². The standard InChI is InChI=1S/C31H37N3O6/c1-4-6-18-40-25-12-11-22(20-26(25)38-3)28-27(29(35)23-9-7-10-24(19-23)39-17-5-2)30(36)31(37)34(28)15-8-14-33-16-13-32-21-33/h7,9-13,16,19-21,28,35H,4-6,8,14-15,17-18H2,1-3H3/b29-27+. The number of methoxy groups -OCH3 is 1. The third kappa shape index (κ3) is 6.47. The van der Waals surface area contributed by atoms with Crippen molar-refractivity contribution in [2.75, 3.05) is 26.9 Å². The van der Waals surface area contributed by atoms with E-state index in [1.54, 1.807) is 56.0 Å². The molecular weight excluding hydrogens is 510 g/mol. The van der Waals surface area contributed by atoms with Crippen LogP contribution >= 0.6 is 0 Å². The highest BCUT2D eigenvalue weighted by Gasteiger charge is 2.46. The number of aryl methyl sites for hydroxylation is 1. The van der Waals surface area contributed by atoms with Crippen molar-refractivity contribution in [1.82, 2.24) is 14.5 Å². The number of Topliss-reactive ketones (excluding diaryl/α,β-unsaturated/α-hetero) is 1. The van der Waals surface area contributed by atoms with Gasteiger partial charge in [-0.15, -0.1) is 0 Å². The highest BCUT2D eigenvalue weighted by Crippen LogP contribution is 2.42. The van der Waals surface area contributed by atoms with Crippen LogP contribution < -0.4 is 14.2 Å². The topological polar surface area (TPSA) is 103 Å². The van der Waals surface area contributed by atoms with Gasteiger partial charge >= 0.3 is 0 Å². The predicted octanol–water partition coefficient (Wildman–Crippen LogP) is 5.37. The molecule has 9 nitrogen and oxygen atoms in total. The number of imidazole rings is 1. The van der Waals surface area contributed by atoms with Crippen LogP contribution in [0.3, 0.4) is 0 Å². The molecule has 1 aliphatic heterocycles. The van der Waals surface area contributed by atoms with Gasteiger partial charge in [0.15, 0.2) is 11.5 Å². The van der Waals surface area contributed by atoms with E-state index in [2.05, 4.69) is 11.9 Å². The van der Waals surface area contributed by atoms with Gasteiger partial charge in [0.1, 0.15) is 11.5 Å². The first-order valence-electron chi connectivity index (χ1n) is 13.8. The molecule has 212 valence electrons. The third-order valence-electron chi connectivity index (χ3n) is 6.75. The molecule has 0 saturated carbocycles. The molecule has 1 atom stereocenters. The van der Waals surface area contributed by atoms with Crippen LogP contribution in [0.2, 0.25) is 0 Å². The zero-order valence-electron chi connectivity index (χ0n) is 23.3. The van der Waals surface area contributed by atoms with Crippen LogP contribution in [-0.4, -0.2) is 58.1 Å². The van der Waals surface area contributed by atoms with Crippen molar-refractivity contribution in [2.24, 2.45) is 0 Å². The number of aliphatic hydroxyl groups is 1. The van der Waals surface area contributed by atoms with Gasteiger partial charge in [0.25, 0.3) is 11.7 Å². The fourth-order valence-electron chi connectivity index (χ4n) is 4.71. The van der Waals surface area contributed by atoms with Crippen LogP contribution in [-0.2, 0) is 16.1 Å². The summed E-state index contributed by atoms with van der Waals surface area (Å²) in [5, 5.41) is 11.5. The van der Waals surface area contributed by atoms with Crippen LogP contribution in [0.25, 0.3) is 5.76 Å². The second-order valence-electron chi connectivity index (χ2n) is 9.64. The van der Waals surface area contributed by atoms with Crippen molar-refractivity contribution in [3.63, 3.8) is 0 Å². The van der Waals surface area contributed by atoms with Crippen LogP contribution in [0.15, 0.2) is 66.8 Å². The maximum Gasteiger partial charge on any atom is 0.295 e. The number of aromatic nitrogens is 2. The van der Waals surface area contributed by atoms with Gasteiger partial charge in [0, 0.05) is 31.0 Å². The molecule has 1 fully saturated rings. The van der Waals surface area contributed by atoms with Gasteiger partial charge in [-0.3, -0.25) is 9.59 Å². The van der Waals surface area contributed by atoms with Gasteiger partial charge in [-0.2, -0.15) is 0 Å². The summed E-state index contributed by atoms with van der Waals surface area (Å²) in [5.74, 6) is 0.0204. The average molecular weight is 548 g/mol. The lowest BCUT2D eigenvalue weighted by Gasteiger charge is -2.26. The van der Waals surface area contributed by atoms with Gasteiger partial charge < -0.3 is 28.8 Å². The average Bonchev–Trinajstić information content (AvgIpc) is 3.58. The Labute approximate surface area is 235 Å². The summed E-state index contributed by atoms with van der Waals surface area (Å²) >= 11 is 0. The van der Waals surface area contributed by atoms with Crippen LogP contribution in [0.4, 0.5) is 0 Å². The molecule has 4 rings (SSSR count). The highest BCUT2D eigenvalue weighted by atomic mass is 16.5. The minimum atomic E-state index is -0.804. The van der Waals surface area contributed by atoms with Crippen LogP contribution in [0.1, 0.15) is 56.7 Å². The van der Waals surface area contributed by atoms with Crippen molar-refractivity contribution < 1.29 is 28.9 Å². The van der Waals surface area contributed by atoms with Crippen molar-refractivity contribution in [3.8, 4) is 17.2 Å². The zero-order chi connectivity index (χ0) is 28.5.